The van der Waals surface area contributed by atoms with Crippen LogP contribution in [-0.2, 0) is 14.6 Å². The predicted octanol–water partition coefficient (Wildman–Crippen LogP) is 1.87. The molecular weight excluding hydrogens is 302 g/mol. The lowest BCUT2D eigenvalue weighted by Gasteiger charge is -2.29. The highest BCUT2D eigenvalue weighted by Crippen LogP contribution is 2.41. The summed E-state index contributed by atoms with van der Waals surface area (Å²) >= 11 is 0. The molecule has 1 aromatic rings. The summed E-state index contributed by atoms with van der Waals surface area (Å²) in [4.78, 5) is 14.5. The van der Waals surface area contributed by atoms with Gasteiger partial charge in [0.1, 0.15) is 5.75 Å². The standard InChI is InChI=1S/C16H21NO4S/c1-11-9-15(11)16(18)17(13-7-8-22(19,20)10-13)12-3-5-14(21-2)6-4-12/h3-6,11,13,15H,7-10H2,1-2H3/t11-,13-,15+/m0/s1. The van der Waals surface area contributed by atoms with Gasteiger partial charge in [-0.2, -0.15) is 0 Å². The molecule has 3 rings (SSSR count). The molecule has 0 radical (unpaired) electrons. The molecule has 1 amide bonds. The highest BCUT2D eigenvalue weighted by atomic mass is 32.2. The average molecular weight is 323 g/mol. The summed E-state index contributed by atoms with van der Waals surface area (Å²) in [7, 11) is -1.44. The first-order valence-electron chi connectivity index (χ1n) is 7.59. The number of hydrogen-bond acceptors (Lipinski definition) is 4. The van der Waals surface area contributed by atoms with E-state index in [9.17, 15) is 13.2 Å². The van der Waals surface area contributed by atoms with E-state index < -0.39 is 9.84 Å². The van der Waals surface area contributed by atoms with Crippen molar-refractivity contribution in [1.29, 1.82) is 0 Å². The fourth-order valence-electron chi connectivity index (χ4n) is 3.08. The van der Waals surface area contributed by atoms with Crippen molar-refractivity contribution in [3.63, 3.8) is 0 Å². The maximum atomic E-state index is 12.8. The summed E-state index contributed by atoms with van der Waals surface area (Å²) in [5, 5.41) is 0. The number of methoxy groups -OCH3 is 1. The van der Waals surface area contributed by atoms with Gasteiger partial charge in [0.25, 0.3) is 0 Å². The zero-order valence-electron chi connectivity index (χ0n) is 12.9. The Balaban J connectivity index is 1.90. The van der Waals surface area contributed by atoms with Gasteiger partial charge >= 0.3 is 0 Å². The molecule has 1 saturated heterocycles. The molecule has 0 aromatic heterocycles. The van der Waals surface area contributed by atoms with Gasteiger partial charge in [-0.05, 0) is 43.0 Å². The fraction of sp³-hybridized carbons (Fsp3) is 0.562. The van der Waals surface area contributed by atoms with Gasteiger partial charge in [-0.1, -0.05) is 6.92 Å². The SMILES string of the molecule is COc1ccc(N(C(=O)[C@@H]2C[C@@H]2C)[C@H]2CCS(=O)(=O)C2)cc1. The number of rotatable bonds is 4. The first-order valence-corrected chi connectivity index (χ1v) is 9.41. The summed E-state index contributed by atoms with van der Waals surface area (Å²) in [6, 6.07) is 7.01. The van der Waals surface area contributed by atoms with Crippen LogP contribution in [0, 0.1) is 11.8 Å². The number of benzene rings is 1. The summed E-state index contributed by atoms with van der Waals surface area (Å²) in [6.07, 6.45) is 1.41. The summed E-state index contributed by atoms with van der Waals surface area (Å²) in [6.45, 7) is 2.06. The highest BCUT2D eigenvalue weighted by Gasteiger charge is 2.45. The highest BCUT2D eigenvalue weighted by molar-refractivity contribution is 7.91. The predicted molar refractivity (Wildman–Crippen MR) is 84.8 cm³/mol. The smallest absolute Gasteiger partial charge is 0.230 e. The van der Waals surface area contributed by atoms with Crippen LogP contribution in [0.4, 0.5) is 5.69 Å². The molecule has 0 spiro atoms. The first-order chi connectivity index (χ1) is 10.4. The van der Waals surface area contributed by atoms with E-state index in [0.29, 0.717) is 12.3 Å². The molecule has 1 saturated carbocycles. The number of carbonyl (C=O) groups is 1. The van der Waals surface area contributed by atoms with Crippen LogP contribution in [0.3, 0.4) is 0 Å². The molecular formula is C16H21NO4S. The van der Waals surface area contributed by atoms with Gasteiger partial charge in [-0.25, -0.2) is 8.42 Å². The van der Waals surface area contributed by atoms with E-state index in [4.69, 9.17) is 4.74 Å². The van der Waals surface area contributed by atoms with Crippen molar-refractivity contribution in [2.24, 2.45) is 11.8 Å². The van der Waals surface area contributed by atoms with Crippen LogP contribution in [0.25, 0.3) is 0 Å². The minimum Gasteiger partial charge on any atom is -0.497 e. The van der Waals surface area contributed by atoms with Gasteiger partial charge in [0, 0.05) is 11.6 Å². The van der Waals surface area contributed by atoms with Crippen molar-refractivity contribution >= 4 is 21.4 Å². The molecule has 1 aromatic carbocycles. The number of ether oxygens (including phenoxy) is 1. The third-order valence-corrected chi connectivity index (χ3v) is 6.34. The van der Waals surface area contributed by atoms with Crippen molar-refractivity contribution < 1.29 is 17.9 Å². The van der Waals surface area contributed by atoms with E-state index in [1.165, 1.54) is 0 Å². The van der Waals surface area contributed by atoms with E-state index in [0.717, 1.165) is 17.9 Å². The molecule has 0 N–H and O–H groups in total. The van der Waals surface area contributed by atoms with Crippen LogP contribution in [0.5, 0.6) is 5.75 Å². The lowest BCUT2D eigenvalue weighted by atomic mass is 10.1. The second kappa shape index (κ2) is 5.57. The van der Waals surface area contributed by atoms with Crippen LogP contribution in [0.15, 0.2) is 24.3 Å². The topological polar surface area (TPSA) is 63.7 Å². The maximum Gasteiger partial charge on any atom is 0.230 e. The Labute approximate surface area is 131 Å². The van der Waals surface area contributed by atoms with Crippen molar-refractivity contribution in [3.05, 3.63) is 24.3 Å². The summed E-state index contributed by atoms with van der Waals surface area (Å²) < 4.78 is 28.7. The molecule has 2 fully saturated rings. The van der Waals surface area contributed by atoms with Gasteiger partial charge in [-0.3, -0.25) is 4.79 Å². The monoisotopic (exact) mass is 323 g/mol. The third-order valence-electron chi connectivity index (χ3n) is 4.59. The maximum absolute atomic E-state index is 12.8. The van der Waals surface area contributed by atoms with Crippen molar-refractivity contribution in [2.75, 3.05) is 23.5 Å². The van der Waals surface area contributed by atoms with Crippen LogP contribution in [0.2, 0.25) is 0 Å². The first kappa shape index (κ1) is 15.3. The Morgan fingerprint density at radius 3 is 2.36 bits per heavy atom. The molecule has 1 heterocycles. The molecule has 5 nitrogen and oxygen atoms in total. The number of nitrogens with zero attached hydrogens (tertiary/aromatic N) is 1. The molecule has 1 aliphatic carbocycles. The number of sulfone groups is 1. The minimum atomic E-state index is -3.03. The van der Waals surface area contributed by atoms with E-state index in [-0.39, 0.29) is 29.4 Å². The Hall–Kier alpha value is -1.56. The normalized spacial score (nSPS) is 29.1. The Morgan fingerprint density at radius 2 is 1.91 bits per heavy atom. The largest absolute Gasteiger partial charge is 0.497 e. The van der Waals surface area contributed by atoms with E-state index in [1.54, 1.807) is 24.1 Å². The van der Waals surface area contributed by atoms with E-state index >= 15 is 0 Å². The van der Waals surface area contributed by atoms with Gasteiger partial charge in [0.05, 0.1) is 24.7 Å². The van der Waals surface area contributed by atoms with Gasteiger partial charge in [0.2, 0.25) is 5.91 Å². The average Bonchev–Trinajstić information content (AvgIpc) is 3.12. The molecule has 2 aliphatic rings. The fourth-order valence-corrected chi connectivity index (χ4v) is 4.78. The Kier molecular flexibility index (Phi) is 3.89. The quantitative estimate of drug-likeness (QED) is 0.848. The Bertz CT molecular complexity index is 668. The molecule has 120 valence electrons. The van der Waals surface area contributed by atoms with Gasteiger partial charge < -0.3 is 9.64 Å². The number of anilines is 1. The van der Waals surface area contributed by atoms with Crippen molar-refractivity contribution in [2.45, 2.75) is 25.8 Å². The second-order valence-electron chi connectivity index (χ2n) is 6.28. The number of carbonyl (C=O) groups excluding carboxylic acids is 1. The van der Waals surface area contributed by atoms with Crippen LogP contribution < -0.4 is 9.64 Å². The van der Waals surface area contributed by atoms with Crippen LogP contribution in [-0.4, -0.2) is 39.0 Å². The molecule has 22 heavy (non-hydrogen) atoms. The van der Waals surface area contributed by atoms with Crippen molar-refractivity contribution in [1.82, 2.24) is 0 Å². The van der Waals surface area contributed by atoms with Crippen LogP contribution in [0.1, 0.15) is 19.8 Å². The molecule has 3 atom stereocenters. The summed E-state index contributed by atoms with van der Waals surface area (Å²) in [5.41, 5.74) is 0.756. The molecule has 0 unspecified atom stereocenters. The lowest BCUT2D eigenvalue weighted by Crippen LogP contribution is -2.42. The van der Waals surface area contributed by atoms with E-state index in [1.807, 2.05) is 12.1 Å². The van der Waals surface area contributed by atoms with Gasteiger partial charge in [-0.15, -0.1) is 0 Å². The number of amides is 1. The second-order valence-corrected chi connectivity index (χ2v) is 8.51. The molecule has 6 heteroatoms. The van der Waals surface area contributed by atoms with E-state index in [2.05, 4.69) is 6.92 Å². The van der Waals surface area contributed by atoms with Crippen LogP contribution >= 0.6 is 0 Å². The van der Waals surface area contributed by atoms with Gasteiger partial charge in [0.15, 0.2) is 9.84 Å². The molecule has 1 aliphatic heterocycles. The number of hydrogen-bond donors (Lipinski definition) is 0. The zero-order valence-corrected chi connectivity index (χ0v) is 13.7. The third kappa shape index (κ3) is 2.97. The Morgan fingerprint density at radius 1 is 1.27 bits per heavy atom. The lowest BCUT2D eigenvalue weighted by molar-refractivity contribution is -0.120. The molecule has 0 bridgehead atoms. The minimum absolute atomic E-state index is 0.0328. The zero-order chi connectivity index (χ0) is 15.9. The summed E-state index contributed by atoms with van der Waals surface area (Å²) in [5.74, 6) is 1.43. The van der Waals surface area contributed by atoms with Crippen molar-refractivity contribution in [3.8, 4) is 5.75 Å².